The van der Waals surface area contributed by atoms with E-state index in [1.165, 1.54) is 30.2 Å². The maximum absolute atomic E-state index is 12.3. The summed E-state index contributed by atoms with van der Waals surface area (Å²) in [5.74, 6) is 0.923. The summed E-state index contributed by atoms with van der Waals surface area (Å²) in [7, 11) is 0. The van der Waals surface area contributed by atoms with Crippen molar-refractivity contribution >= 4 is 40.0 Å². The summed E-state index contributed by atoms with van der Waals surface area (Å²) in [6.45, 7) is 5.97. The number of aryl methyl sites for hydroxylation is 2. The molecule has 1 N–H and O–H groups in total. The number of likely N-dealkylation sites (tertiary alicyclic amines) is 1. The molecule has 0 aliphatic carbocycles. The first-order valence-corrected chi connectivity index (χ1v) is 9.77. The van der Waals surface area contributed by atoms with Crippen molar-refractivity contribution in [2.45, 2.75) is 26.7 Å². The van der Waals surface area contributed by atoms with Crippen molar-refractivity contribution in [1.82, 2.24) is 14.7 Å². The summed E-state index contributed by atoms with van der Waals surface area (Å²) in [5, 5.41) is 7.44. The van der Waals surface area contributed by atoms with Gasteiger partial charge in [-0.05, 0) is 38.8 Å². The predicted molar refractivity (Wildman–Crippen MR) is 108 cm³/mol. The largest absolute Gasteiger partial charge is 0.358 e. The smallest absolute Gasteiger partial charge is 0.235 e. The first-order chi connectivity index (χ1) is 12.0. The Morgan fingerprint density at radius 3 is 2.60 bits per heavy atom. The number of thiocarbonyl (C=S) groups is 1. The van der Waals surface area contributed by atoms with Gasteiger partial charge in [-0.1, -0.05) is 41.7 Å². The molecule has 1 aromatic carbocycles. The lowest BCUT2D eigenvalue weighted by molar-refractivity contribution is -0.113. The minimum absolute atomic E-state index is 0.0696. The molecule has 0 spiro atoms. The molecule has 5 nitrogen and oxygen atoms in total. The minimum atomic E-state index is -0.0696. The van der Waals surface area contributed by atoms with Crippen LogP contribution in [0.2, 0.25) is 0 Å². The van der Waals surface area contributed by atoms with Gasteiger partial charge in [-0.3, -0.25) is 4.79 Å². The summed E-state index contributed by atoms with van der Waals surface area (Å²) in [5.41, 5.74) is 2.97. The number of nitrogens with one attached hydrogen (secondary N) is 1. The number of nitrogens with zero attached hydrogens (tertiary/aromatic N) is 3. The quantitative estimate of drug-likeness (QED) is 0.830. The summed E-state index contributed by atoms with van der Waals surface area (Å²) < 4.78 is 2.58. The number of benzene rings is 1. The van der Waals surface area contributed by atoms with Gasteiger partial charge in [0.25, 0.3) is 0 Å². The maximum Gasteiger partial charge on any atom is 0.235 e. The minimum Gasteiger partial charge on any atom is -0.358 e. The Labute approximate surface area is 157 Å². The molecule has 0 saturated carbocycles. The third kappa shape index (κ3) is 4.61. The van der Waals surface area contributed by atoms with E-state index in [-0.39, 0.29) is 5.91 Å². The van der Waals surface area contributed by atoms with Crippen LogP contribution in [0.3, 0.4) is 0 Å². The molecule has 0 radical (unpaired) electrons. The van der Waals surface area contributed by atoms with Crippen LogP contribution in [-0.2, 0) is 4.79 Å². The molecule has 3 rings (SSSR count). The van der Waals surface area contributed by atoms with Crippen molar-refractivity contribution in [3.05, 3.63) is 41.6 Å². The zero-order chi connectivity index (χ0) is 17.8. The van der Waals surface area contributed by atoms with Crippen molar-refractivity contribution in [1.29, 1.82) is 0 Å². The highest BCUT2D eigenvalue weighted by Crippen LogP contribution is 2.19. The first kappa shape index (κ1) is 17.9. The number of rotatable bonds is 4. The molecule has 0 bridgehead atoms. The van der Waals surface area contributed by atoms with Crippen LogP contribution in [-0.4, -0.2) is 43.8 Å². The van der Waals surface area contributed by atoms with Crippen molar-refractivity contribution in [2.75, 3.05) is 24.2 Å². The highest BCUT2D eigenvalue weighted by molar-refractivity contribution is 8.23. The molecule has 1 saturated heterocycles. The molecule has 0 unspecified atom stereocenters. The molecule has 1 aliphatic rings. The summed E-state index contributed by atoms with van der Waals surface area (Å²) in [4.78, 5) is 14.5. The van der Waals surface area contributed by atoms with Crippen molar-refractivity contribution in [2.24, 2.45) is 0 Å². The lowest BCUT2D eigenvalue weighted by atomic mass is 10.2. The van der Waals surface area contributed by atoms with Gasteiger partial charge in [0.1, 0.15) is 10.1 Å². The second-order valence-electron chi connectivity index (χ2n) is 6.22. The third-order valence-electron chi connectivity index (χ3n) is 4.07. The van der Waals surface area contributed by atoms with Crippen LogP contribution in [0.25, 0.3) is 5.69 Å². The molecule has 0 atom stereocenters. The number of hydrogen-bond donors (Lipinski definition) is 1. The van der Waals surface area contributed by atoms with Gasteiger partial charge in [-0.25, -0.2) is 4.68 Å². The van der Waals surface area contributed by atoms with Crippen LogP contribution in [0.4, 0.5) is 5.82 Å². The molecule has 2 heterocycles. The molecule has 2 aromatic rings. The highest BCUT2D eigenvalue weighted by atomic mass is 32.2. The maximum atomic E-state index is 12.3. The van der Waals surface area contributed by atoms with Crippen molar-refractivity contribution < 1.29 is 4.79 Å². The van der Waals surface area contributed by atoms with E-state index in [0.29, 0.717) is 11.6 Å². The average Bonchev–Trinajstić information content (AvgIpc) is 3.23. The predicted octanol–water partition coefficient (Wildman–Crippen LogP) is 3.54. The van der Waals surface area contributed by atoms with Crippen LogP contribution < -0.4 is 5.32 Å². The van der Waals surface area contributed by atoms with Crippen LogP contribution in [0.5, 0.6) is 0 Å². The Hall–Kier alpha value is -1.86. The second-order valence-corrected chi connectivity index (χ2v) is 7.82. The van der Waals surface area contributed by atoms with Crippen LogP contribution in [0.1, 0.15) is 24.1 Å². The van der Waals surface area contributed by atoms with Crippen molar-refractivity contribution in [3.8, 4) is 5.69 Å². The van der Waals surface area contributed by atoms with E-state index >= 15 is 0 Å². The van der Waals surface area contributed by atoms with Gasteiger partial charge >= 0.3 is 0 Å². The van der Waals surface area contributed by atoms with E-state index < -0.39 is 0 Å². The van der Waals surface area contributed by atoms with E-state index in [2.05, 4.69) is 15.3 Å². The molecule has 1 amide bonds. The molecule has 132 valence electrons. The molecule has 1 aromatic heterocycles. The monoisotopic (exact) mass is 374 g/mol. The Kier molecular flexibility index (Phi) is 5.75. The molecule has 1 aliphatic heterocycles. The van der Waals surface area contributed by atoms with Gasteiger partial charge in [-0.2, -0.15) is 5.10 Å². The topological polar surface area (TPSA) is 50.2 Å². The number of carbonyl (C=O) groups excluding carboxylic acids is 1. The average molecular weight is 375 g/mol. The summed E-state index contributed by atoms with van der Waals surface area (Å²) >= 11 is 6.83. The van der Waals surface area contributed by atoms with Gasteiger partial charge in [0.05, 0.1) is 17.1 Å². The Morgan fingerprint density at radius 1 is 1.24 bits per heavy atom. The van der Waals surface area contributed by atoms with Gasteiger partial charge in [0.2, 0.25) is 5.91 Å². The molecule has 7 heteroatoms. The SMILES string of the molecule is Cc1ccc(-n2nc(C)cc2NC(=O)CSC(=S)N2CCCC2)cc1. The van der Waals surface area contributed by atoms with E-state index in [1.54, 1.807) is 4.68 Å². The highest BCUT2D eigenvalue weighted by Gasteiger charge is 2.17. The normalized spacial score (nSPS) is 13.9. The first-order valence-electron chi connectivity index (χ1n) is 8.38. The number of carbonyl (C=O) groups is 1. The fraction of sp³-hybridized carbons (Fsp3) is 0.389. The molecular formula is C18H22N4OS2. The zero-order valence-corrected chi connectivity index (χ0v) is 16.1. The van der Waals surface area contributed by atoms with E-state index in [4.69, 9.17) is 12.2 Å². The fourth-order valence-corrected chi connectivity index (χ4v) is 3.82. The van der Waals surface area contributed by atoms with Gasteiger partial charge in [0, 0.05) is 19.2 Å². The van der Waals surface area contributed by atoms with Gasteiger partial charge < -0.3 is 10.2 Å². The standard InChI is InChI=1S/C18H22N4OS2/c1-13-5-7-15(8-6-13)22-16(11-14(2)20-22)19-17(23)12-25-18(24)21-9-3-4-10-21/h5-8,11H,3-4,9-10,12H2,1-2H3,(H,19,23). The number of thioether (sulfide) groups is 1. The van der Waals surface area contributed by atoms with Gasteiger partial charge in [-0.15, -0.1) is 0 Å². The lowest BCUT2D eigenvalue weighted by Gasteiger charge is -2.17. The zero-order valence-electron chi connectivity index (χ0n) is 14.5. The number of aromatic nitrogens is 2. The van der Waals surface area contributed by atoms with Crippen molar-refractivity contribution in [3.63, 3.8) is 0 Å². The van der Waals surface area contributed by atoms with Crippen LogP contribution >= 0.6 is 24.0 Å². The Morgan fingerprint density at radius 2 is 1.92 bits per heavy atom. The number of anilines is 1. The van der Waals surface area contributed by atoms with E-state index in [0.717, 1.165) is 28.8 Å². The molecule has 1 fully saturated rings. The number of hydrogen-bond acceptors (Lipinski definition) is 4. The third-order valence-corrected chi connectivity index (χ3v) is 5.59. The van der Waals surface area contributed by atoms with E-state index in [9.17, 15) is 4.79 Å². The van der Waals surface area contributed by atoms with Crippen LogP contribution in [0, 0.1) is 13.8 Å². The molecule has 25 heavy (non-hydrogen) atoms. The fourth-order valence-electron chi connectivity index (χ4n) is 2.77. The Balaban J connectivity index is 1.63. The van der Waals surface area contributed by atoms with Crippen LogP contribution in [0.15, 0.2) is 30.3 Å². The second kappa shape index (κ2) is 8.01. The Bertz CT molecular complexity index is 764. The van der Waals surface area contributed by atoms with E-state index in [1.807, 2.05) is 44.2 Å². The van der Waals surface area contributed by atoms with Gasteiger partial charge in [0.15, 0.2) is 0 Å². The summed E-state index contributed by atoms with van der Waals surface area (Å²) in [6.07, 6.45) is 2.36. The lowest BCUT2D eigenvalue weighted by Crippen LogP contribution is -2.25. The molecular weight excluding hydrogens is 352 g/mol. The number of amides is 1. The summed E-state index contributed by atoms with van der Waals surface area (Å²) in [6, 6.07) is 9.93.